The van der Waals surface area contributed by atoms with Crippen LogP contribution in [-0.4, -0.2) is 47.4 Å². The van der Waals surface area contributed by atoms with Crippen LogP contribution in [0.1, 0.15) is 41.1 Å². The molecule has 0 amide bonds. The zero-order valence-corrected chi connectivity index (χ0v) is 19.1. The second kappa shape index (κ2) is 10.1. The van der Waals surface area contributed by atoms with Gasteiger partial charge >= 0.3 is 0 Å². The molecule has 0 heterocycles. The monoisotopic (exact) mass is 447 g/mol. The number of carbonyl (C=O) groups excluding carboxylic acids is 1. The molecule has 1 aliphatic carbocycles. The van der Waals surface area contributed by atoms with E-state index in [9.17, 15) is 9.18 Å². The van der Waals surface area contributed by atoms with Gasteiger partial charge in [0.15, 0.2) is 17.3 Å². The second-order valence-corrected chi connectivity index (χ2v) is 7.76. The Kier molecular flexibility index (Phi) is 7.45. The lowest BCUT2D eigenvalue weighted by atomic mass is 9.71. The molecule has 174 valence electrons. The summed E-state index contributed by atoms with van der Waals surface area (Å²) in [6.07, 6.45) is 1.94. The van der Waals surface area contributed by atoms with Crippen LogP contribution in [0.2, 0.25) is 0 Å². The number of halogens is 1. The summed E-state index contributed by atoms with van der Waals surface area (Å²) in [6, 6.07) is 6.23. The first-order chi connectivity index (χ1) is 15.4. The van der Waals surface area contributed by atoms with E-state index in [1.165, 1.54) is 34.5 Å². The van der Waals surface area contributed by atoms with E-state index in [0.29, 0.717) is 29.9 Å². The Morgan fingerprint density at radius 1 is 0.938 bits per heavy atom. The molecule has 1 fully saturated rings. The van der Waals surface area contributed by atoms with Crippen LogP contribution in [0, 0.1) is 11.7 Å². The average molecular weight is 448 g/mol. The van der Waals surface area contributed by atoms with Gasteiger partial charge in [0.2, 0.25) is 11.5 Å². The van der Waals surface area contributed by atoms with Crippen molar-refractivity contribution >= 4 is 11.5 Å². The van der Waals surface area contributed by atoms with Crippen molar-refractivity contribution in [2.75, 3.05) is 41.3 Å². The fraction of sp³-hybridized carbons (Fsp3) is 0.458. The predicted molar refractivity (Wildman–Crippen MR) is 119 cm³/mol. The number of benzene rings is 2. The molecule has 1 aliphatic rings. The quantitative estimate of drug-likeness (QED) is 0.479. The van der Waals surface area contributed by atoms with Crippen molar-refractivity contribution in [3.63, 3.8) is 0 Å². The number of hydrogen-bond donors (Lipinski definition) is 1. The third-order valence-corrected chi connectivity index (χ3v) is 6.17. The smallest absolute Gasteiger partial charge is 0.208 e. The molecule has 3 atom stereocenters. The first kappa shape index (κ1) is 23.7. The van der Waals surface area contributed by atoms with Gasteiger partial charge in [0, 0.05) is 13.0 Å². The van der Waals surface area contributed by atoms with Gasteiger partial charge in [-0.1, -0.05) is 6.07 Å². The minimum absolute atomic E-state index is 0.00263. The second-order valence-electron chi connectivity index (χ2n) is 7.76. The lowest BCUT2D eigenvalue weighted by Crippen LogP contribution is -2.33. The molecule has 32 heavy (non-hydrogen) atoms. The molecule has 0 saturated heterocycles. The van der Waals surface area contributed by atoms with Gasteiger partial charge in [-0.15, -0.1) is 0 Å². The zero-order chi connectivity index (χ0) is 23.4. The number of hydrogen-bond acceptors (Lipinski definition) is 7. The fourth-order valence-electron chi connectivity index (χ4n) is 4.54. The van der Waals surface area contributed by atoms with Gasteiger partial charge in [0.1, 0.15) is 5.82 Å². The Bertz CT molecular complexity index is 979. The minimum Gasteiger partial charge on any atom is -0.493 e. The summed E-state index contributed by atoms with van der Waals surface area (Å²) in [5.74, 6) is 0.0738. The van der Waals surface area contributed by atoms with Crippen molar-refractivity contribution in [2.45, 2.75) is 31.3 Å². The Balaban J connectivity index is 2.10. The van der Waals surface area contributed by atoms with Crippen LogP contribution in [-0.2, 0) is 4.74 Å². The van der Waals surface area contributed by atoms with Crippen molar-refractivity contribution in [2.24, 2.45) is 5.92 Å². The summed E-state index contributed by atoms with van der Waals surface area (Å²) >= 11 is 0. The van der Waals surface area contributed by atoms with Gasteiger partial charge < -0.3 is 29.4 Å². The minimum atomic E-state index is -0.484. The number of rotatable bonds is 8. The molecule has 2 N–H and O–H groups in total. The highest BCUT2D eigenvalue weighted by molar-refractivity contribution is 6.02. The van der Waals surface area contributed by atoms with E-state index in [0.717, 1.165) is 12.0 Å². The highest BCUT2D eigenvalue weighted by Gasteiger charge is 2.39. The van der Waals surface area contributed by atoms with Crippen LogP contribution >= 0.6 is 0 Å². The largest absolute Gasteiger partial charge is 0.493 e. The van der Waals surface area contributed by atoms with Crippen LogP contribution in [0.25, 0.3) is 0 Å². The fourth-order valence-corrected chi connectivity index (χ4v) is 4.54. The number of nitrogens with two attached hydrogens (primary N) is 1. The lowest BCUT2D eigenvalue weighted by molar-refractivity contribution is 0.0429. The van der Waals surface area contributed by atoms with E-state index in [2.05, 4.69) is 0 Å². The van der Waals surface area contributed by atoms with Gasteiger partial charge in [-0.25, -0.2) is 4.39 Å². The van der Waals surface area contributed by atoms with Gasteiger partial charge in [0.25, 0.3) is 0 Å². The maximum absolute atomic E-state index is 13.9. The molecular formula is C24H30FNO6. The summed E-state index contributed by atoms with van der Waals surface area (Å²) in [7, 11) is 7.59. The summed E-state index contributed by atoms with van der Waals surface area (Å²) in [5.41, 5.74) is 7.01. The molecule has 7 nitrogen and oxygen atoms in total. The normalized spacial score (nSPS) is 20.5. The highest BCUT2D eigenvalue weighted by Crippen LogP contribution is 2.49. The van der Waals surface area contributed by atoms with Gasteiger partial charge in [-0.05, 0) is 48.9 Å². The summed E-state index contributed by atoms with van der Waals surface area (Å²) in [6.45, 7) is 0. The predicted octanol–water partition coefficient (Wildman–Crippen LogP) is 4.22. The number of Topliss-reactive ketones (excluding diaryl/α,β-unsaturated/α-hetero) is 1. The number of ether oxygens (including phenoxy) is 5. The number of ketones is 1. The zero-order valence-electron chi connectivity index (χ0n) is 19.1. The van der Waals surface area contributed by atoms with Crippen LogP contribution < -0.4 is 24.7 Å². The number of carbonyl (C=O) groups is 1. The first-order valence-corrected chi connectivity index (χ1v) is 10.4. The number of methoxy groups -OCH3 is 5. The van der Waals surface area contributed by atoms with Crippen LogP contribution in [0.5, 0.6) is 23.0 Å². The van der Waals surface area contributed by atoms with Crippen molar-refractivity contribution in [1.82, 2.24) is 0 Å². The summed E-state index contributed by atoms with van der Waals surface area (Å²) < 4.78 is 41.3. The van der Waals surface area contributed by atoms with E-state index in [1.54, 1.807) is 25.3 Å². The van der Waals surface area contributed by atoms with Crippen LogP contribution in [0.4, 0.5) is 10.1 Å². The first-order valence-electron chi connectivity index (χ1n) is 10.4. The Hall–Kier alpha value is -3.00. The SMILES string of the molecule is COc1cc(C(=O)C2CCC(OC)CC2c2ccc(F)c(N)c2)c(OC)c(OC)c1OC. The molecule has 0 radical (unpaired) electrons. The Morgan fingerprint density at radius 3 is 2.19 bits per heavy atom. The molecule has 3 unspecified atom stereocenters. The molecule has 8 heteroatoms. The molecule has 0 spiro atoms. The van der Waals surface area contributed by atoms with E-state index in [-0.39, 0.29) is 40.9 Å². The molecular weight excluding hydrogens is 417 g/mol. The maximum Gasteiger partial charge on any atom is 0.208 e. The van der Waals surface area contributed by atoms with Crippen molar-refractivity contribution in [1.29, 1.82) is 0 Å². The van der Waals surface area contributed by atoms with Crippen molar-refractivity contribution in [3.8, 4) is 23.0 Å². The van der Waals surface area contributed by atoms with E-state index >= 15 is 0 Å². The highest BCUT2D eigenvalue weighted by atomic mass is 19.1. The average Bonchev–Trinajstić information content (AvgIpc) is 2.83. The molecule has 3 rings (SSSR count). The van der Waals surface area contributed by atoms with Gasteiger partial charge in [0.05, 0.1) is 45.8 Å². The third-order valence-electron chi connectivity index (χ3n) is 6.17. The molecule has 1 saturated carbocycles. The molecule has 2 aromatic rings. The number of anilines is 1. The van der Waals surface area contributed by atoms with Gasteiger partial charge in [-0.3, -0.25) is 4.79 Å². The molecule has 2 aromatic carbocycles. The molecule has 0 aromatic heterocycles. The maximum atomic E-state index is 13.9. The lowest BCUT2D eigenvalue weighted by Gasteiger charge is -2.35. The Morgan fingerprint density at radius 2 is 1.62 bits per heavy atom. The number of nitrogen functional groups attached to an aromatic ring is 1. The van der Waals surface area contributed by atoms with Crippen LogP contribution in [0.3, 0.4) is 0 Å². The standard InChI is InChI=1S/C24H30FNO6/c1-28-14-7-8-15(16(11-14)13-6-9-18(25)19(26)10-13)21(27)17-12-20(29-2)23(31-4)24(32-5)22(17)30-3/h6,9-10,12,14-16H,7-8,11,26H2,1-5H3. The van der Waals surface area contributed by atoms with Crippen molar-refractivity contribution in [3.05, 3.63) is 41.2 Å². The summed E-state index contributed by atoms with van der Waals surface area (Å²) in [4.78, 5) is 13.9. The van der Waals surface area contributed by atoms with Crippen LogP contribution in [0.15, 0.2) is 24.3 Å². The van der Waals surface area contributed by atoms with E-state index in [1.807, 2.05) is 0 Å². The van der Waals surface area contributed by atoms with Gasteiger partial charge in [-0.2, -0.15) is 0 Å². The van der Waals surface area contributed by atoms with E-state index < -0.39 is 5.82 Å². The topological polar surface area (TPSA) is 89.2 Å². The Labute approximate surface area is 187 Å². The summed E-state index contributed by atoms with van der Waals surface area (Å²) in [5, 5.41) is 0. The third kappa shape index (κ3) is 4.32. The molecule has 0 bridgehead atoms. The van der Waals surface area contributed by atoms with E-state index in [4.69, 9.17) is 29.4 Å². The van der Waals surface area contributed by atoms with Crippen molar-refractivity contribution < 1.29 is 32.9 Å². The molecule has 0 aliphatic heterocycles.